The summed E-state index contributed by atoms with van der Waals surface area (Å²) in [5, 5.41) is 11.0. The fraction of sp³-hybridized carbons (Fsp3) is 0.400. The summed E-state index contributed by atoms with van der Waals surface area (Å²) < 4.78 is 5.18. The van der Waals surface area contributed by atoms with Gasteiger partial charge >= 0.3 is 0 Å². The van der Waals surface area contributed by atoms with Crippen molar-refractivity contribution in [2.45, 2.75) is 31.8 Å². The smallest absolute Gasteiger partial charge is 0.118 e. The lowest BCUT2D eigenvalue weighted by Gasteiger charge is -2.30. The number of hydrogen-bond donors (Lipinski definition) is 1. The predicted octanol–water partition coefficient (Wildman–Crippen LogP) is 3.94. The summed E-state index contributed by atoms with van der Waals surface area (Å²) in [4.78, 5) is 2.43. The van der Waals surface area contributed by atoms with Crippen molar-refractivity contribution in [3.8, 4) is 5.75 Å². The van der Waals surface area contributed by atoms with Crippen molar-refractivity contribution < 1.29 is 9.84 Å². The number of methoxy groups -OCH3 is 1. The topological polar surface area (TPSA) is 32.7 Å². The summed E-state index contributed by atoms with van der Waals surface area (Å²) in [6, 6.07) is 15.9. The second kappa shape index (κ2) is 6.63. The van der Waals surface area contributed by atoms with Gasteiger partial charge in [-0.25, -0.2) is 0 Å². The molecule has 1 unspecified atom stereocenters. The van der Waals surface area contributed by atoms with Gasteiger partial charge in [-0.05, 0) is 61.6 Å². The zero-order valence-electron chi connectivity index (χ0n) is 14.0. The number of benzene rings is 2. The molecule has 1 heterocycles. The predicted molar refractivity (Wildman–Crippen MR) is 94.2 cm³/mol. The lowest BCUT2D eigenvalue weighted by molar-refractivity contribution is 0.102. The second-order valence-electron chi connectivity index (χ2n) is 6.40. The highest BCUT2D eigenvalue weighted by Crippen LogP contribution is 2.31. The van der Waals surface area contributed by atoms with Crippen LogP contribution in [0.2, 0.25) is 0 Å². The van der Waals surface area contributed by atoms with Crippen LogP contribution in [0.5, 0.6) is 5.75 Å². The lowest BCUT2D eigenvalue weighted by atomic mass is 9.88. The SMILES string of the molecule is COc1ccc(C(C)(O)c2ccc(N3CCCCC3)cc2)cc1. The van der Waals surface area contributed by atoms with Crippen LogP contribution in [0.3, 0.4) is 0 Å². The molecule has 1 aliphatic heterocycles. The Morgan fingerprint density at radius 1 is 0.870 bits per heavy atom. The van der Waals surface area contributed by atoms with Crippen molar-refractivity contribution in [1.29, 1.82) is 0 Å². The Hall–Kier alpha value is -2.00. The molecule has 0 amide bonds. The molecule has 23 heavy (non-hydrogen) atoms. The molecule has 122 valence electrons. The molecule has 3 rings (SSSR count). The minimum absolute atomic E-state index is 0.796. The van der Waals surface area contributed by atoms with E-state index in [1.165, 1.54) is 24.9 Å². The summed E-state index contributed by atoms with van der Waals surface area (Å²) >= 11 is 0. The lowest BCUT2D eigenvalue weighted by Crippen LogP contribution is -2.29. The van der Waals surface area contributed by atoms with Crippen LogP contribution in [0.1, 0.15) is 37.3 Å². The van der Waals surface area contributed by atoms with Crippen LogP contribution < -0.4 is 9.64 Å². The summed E-state index contributed by atoms with van der Waals surface area (Å²) in [5.74, 6) is 0.796. The van der Waals surface area contributed by atoms with E-state index in [0.29, 0.717) is 0 Å². The van der Waals surface area contributed by atoms with Gasteiger partial charge in [-0.2, -0.15) is 0 Å². The molecule has 0 bridgehead atoms. The van der Waals surface area contributed by atoms with Crippen molar-refractivity contribution in [2.75, 3.05) is 25.1 Å². The van der Waals surface area contributed by atoms with Crippen molar-refractivity contribution >= 4 is 5.69 Å². The Morgan fingerprint density at radius 2 is 1.39 bits per heavy atom. The maximum absolute atomic E-state index is 11.0. The third kappa shape index (κ3) is 3.35. The molecule has 1 atom stereocenters. The molecule has 1 saturated heterocycles. The number of hydrogen-bond acceptors (Lipinski definition) is 3. The maximum Gasteiger partial charge on any atom is 0.118 e. The highest BCUT2D eigenvalue weighted by molar-refractivity contribution is 5.50. The van der Waals surface area contributed by atoms with Crippen molar-refractivity contribution in [3.63, 3.8) is 0 Å². The largest absolute Gasteiger partial charge is 0.497 e. The molecule has 0 radical (unpaired) electrons. The number of aliphatic hydroxyl groups is 1. The fourth-order valence-corrected chi connectivity index (χ4v) is 3.23. The van der Waals surface area contributed by atoms with E-state index in [9.17, 15) is 5.11 Å². The molecule has 0 aliphatic carbocycles. The molecule has 1 aliphatic rings. The Morgan fingerprint density at radius 3 is 1.91 bits per heavy atom. The van der Waals surface area contributed by atoms with Gasteiger partial charge in [0.25, 0.3) is 0 Å². The van der Waals surface area contributed by atoms with Crippen LogP contribution in [0.4, 0.5) is 5.69 Å². The van der Waals surface area contributed by atoms with E-state index in [2.05, 4.69) is 17.0 Å². The average Bonchev–Trinajstić information content (AvgIpc) is 2.62. The summed E-state index contributed by atoms with van der Waals surface area (Å²) in [6.45, 7) is 4.10. The van der Waals surface area contributed by atoms with Gasteiger partial charge in [0, 0.05) is 18.8 Å². The first-order chi connectivity index (χ1) is 11.1. The van der Waals surface area contributed by atoms with E-state index < -0.39 is 5.60 Å². The van der Waals surface area contributed by atoms with E-state index in [1.54, 1.807) is 7.11 Å². The van der Waals surface area contributed by atoms with Gasteiger partial charge < -0.3 is 14.7 Å². The fourth-order valence-electron chi connectivity index (χ4n) is 3.23. The van der Waals surface area contributed by atoms with Crippen molar-refractivity contribution in [1.82, 2.24) is 0 Å². The molecule has 3 heteroatoms. The van der Waals surface area contributed by atoms with Crippen LogP contribution in [0.25, 0.3) is 0 Å². The van der Waals surface area contributed by atoms with Gasteiger partial charge in [-0.1, -0.05) is 24.3 Å². The third-order valence-electron chi connectivity index (χ3n) is 4.80. The maximum atomic E-state index is 11.0. The Kier molecular flexibility index (Phi) is 4.58. The molecule has 1 fully saturated rings. The number of rotatable bonds is 4. The van der Waals surface area contributed by atoms with E-state index in [0.717, 1.165) is 30.0 Å². The summed E-state index contributed by atoms with van der Waals surface area (Å²) in [6.07, 6.45) is 3.87. The quantitative estimate of drug-likeness (QED) is 0.928. The standard InChI is InChI=1S/C20H25NO2/c1-20(22,17-8-12-19(23-2)13-9-17)16-6-10-18(11-7-16)21-14-4-3-5-15-21/h6-13,22H,3-5,14-15H2,1-2H3. The van der Waals surface area contributed by atoms with Crippen LogP contribution in [0, 0.1) is 0 Å². The van der Waals surface area contributed by atoms with E-state index in [4.69, 9.17) is 4.74 Å². The normalized spacial score (nSPS) is 17.6. The first-order valence-electron chi connectivity index (χ1n) is 8.33. The number of nitrogens with zero attached hydrogens (tertiary/aromatic N) is 1. The highest BCUT2D eigenvalue weighted by atomic mass is 16.5. The first kappa shape index (κ1) is 15.9. The molecule has 0 saturated carbocycles. The summed E-state index contributed by atoms with van der Waals surface area (Å²) in [5.41, 5.74) is 2.01. The van der Waals surface area contributed by atoms with Gasteiger partial charge in [0.05, 0.1) is 7.11 Å². The minimum Gasteiger partial charge on any atom is -0.497 e. The second-order valence-corrected chi connectivity index (χ2v) is 6.40. The monoisotopic (exact) mass is 311 g/mol. The van der Waals surface area contributed by atoms with Gasteiger partial charge in [0.15, 0.2) is 0 Å². The Bertz CT molecular complexity index is 626. The third-order valence-corrected chi connectivity index (χ3v) is 4.80. The molecule has 2 aromatic rings. The van der Waals surface area contributed by atoms with Crippen LogP contribution in [-0.4, -0.2) is 25.3 Å². The molecular formula is C20H25NO2. The average molecular weight is 311 g/mol. The van der Waals surface area contributed by atoms with E-state index in [1.807, 2.05) is 43.3 Å². The van der Waals surface area contributed by atoms with Crippen LogP contribution >= 0.6 is 0 Å². The highest BCUT2D eigenvalue weighted by Gasteiger charge is 2.25. The number of ether oxygens (including phenoxy) is 1. The zero-order valence-corrected chi connectivity index (χ0v) is 14.0. The molecule has 2 aromatic carbocycles. The van der Waals surface area contributed by atoms with E-state index in [-0.39, 0.29) is 0 Å². The molecule has 1 N–H and O–H groups in total. The molecular weight excluding hydrogens is 286 g/mol. The zero-order chi connectivity index (χ0) is 16.3. The van der Waals surface area contributed by atoms with Gasteiger partial charge in [-0.15, -0.1) is 0 Å². The molecule has 0 aromatic heterocycles. The van der Waals surface area contributed by atoms with Gasteiger partial charge in [0.1, 0.15) is 11.4 Å². The van der Waals surface area contributed by atoms with Gasteiger partial charge in [0.2, 0.25) is 0 Å². The van der Waals surface area contributed by atoms with Crippen LogP contribution in [0.15, 0.2) is 48.5 Å². The molecule has 0 spiro atoms. The molecule has 3 nitrogen and oxygen atoms in total. The Balaban J connectivity index is 1.81. The van der Waals surface area contributed by atoms with Crippen LogP contribution in [-0.2, 0) is 5.60 Å². The number of anilines is 1. The minimum atomic E-state index is -1.01. The van der Waals surface area contributed by atoms with Crippen molar-refractivity contribution in [3.05, 3.63) is 59.7 Å². The van der Waals surface area contributed by atoms with Gasteiger partial charge in [-0.3, -0.25) is 0 Å². The first-order valence-corrected chi connectivity index (χ1v) is 8.33. The number of piperidine rings is 1. The Labute approximate surface area is 138 Å². The summed E-state index contributed by atoms with van der Waals surface area (Å²) in [7, 11) is 1.65. The van der Waals surface area contributed by atoms with Crippen molar-refractivity contribution in [2.24, 2.45) is 0 Å². The van der Waals surface area contributed by atoms with E-state index >= 15 is 0 Å².